The van der Waals surface area contributed by atoms with Crippen molar-refractivity contribution in [3.8, 4) is 5.75 Å². The molecule has 0 aliphatic carbocycles. The van der Waals surface area contributed by atoms with Crippen LogP contribution in [0.5, 0.6) is 5.75 Å². The molecule has 11 nitrogen and oxygen atoms in total. The molecule has 0 radical (unpaired) electrons. The number of non-ortho nitro benzene ring substituents is 1. The van der Waals surface area contributed by atoms with Crippen molar-refractivity contribution >= 4 is 23.9 Å². The highest BCUT2D eigenvalue weighted by atomic mass is 16.7. The smallest absolute Gasteiger partial charge is 0.461 e. The summed E-state index contributed by atoms with van der Waals surface area (Å²) in [5.41, 5.74) is -0.866. The molecule has 0 aliphatic rings. The number of hydrogen-bond donors (Lipinski definition) is 1. The van der Waals surface area contributed by atoms with Gasteiger partial charge in [-0.15, -0.1) is 0 Å². The van der Waals surface area contributed by atoms with Crippen LogP contribution in [0.3, 0.4) is 0 Å². The van der Waals surface area contributed by atoms with Crippen LogP contribution in [0.15, 0.2) is 24.3 Å². The third-order valence-corrected chi connectivity index (χ3v) is 3.39. The summed E-state index contributed by atoms with van der Waals surface area (Å²) in [6, 6.07) is 3.90. The molecule has 0 aliphatic heterocycles. The summed E-state index contributed by atoms with van der Waals surface area (Å²) in [5, 5.41) is 13.0. The summed E-state index contributed by atoms with van der Waals surface area (Å²) in [6.07, 6.45) is -1.81. The van der Waals surface area contributed by atoms with Crippen molar-refractivity contribution in [3.05, 3.63) is 34.4 Å². The number of carbonyl (C=O) groups is 3. The van der Waals surface area contributed by atoms with E-state index in [9.17, 15) is 24.5 Å². The monoisotopic (exact) mass is 426 g/mol. The lowest BCUT2D eigenvalue weighted by atomic mass is 10.1. The molecule has 0 unspecified atom stereocenters. The Bertz CT molecular complexity index is 754. The van der Waals surface area contributed by atoms with Crippen molar-refractivity contribution < 1.29 is 38.3 Å². The molecule has 11 heteroatoms. The summed E-state index contributed by atoms with van der Waals surface area (Å²) >= 11 is 0. The Hall–Kier alpha value is -3.37. The zero-order chi connectivity index (χ0) is 22.9. The number of carbonyl (C=O) groups excluding carboxylic acids is 3. The molecular formula is C19H26N2O9. The Kier molecular flexibility index (Phi) is 9.03. The SMILES string of the molecule is CC(C)[C@H](NC(=O)OC(C)(C)C)C(=O)OCCOC(=O)Oc1ccc([N+](=O)[O-])cc1. The van der Waals surface area contributed by atoms with Crippen molar-refractivity contribution in [2.24, 2.45) is 5.92 Å². The first-order valence-electron chi connectivity index (χ1n) is 9.14. The normalized spacial score (nSPS) is 11.9. The van der Waals surface area contributed by atoms with Crippen LogP contribution in [0.1, 0.15) is 34.6 Å². The van der Waals surface area contributed by atoms with Gasteiger partial charge in [0.25, 0.3) is 5.69 Å². The van der Waals surface area contributed by atoms with Gasteiger partial charge in [0, 0.05) is 12.1 Å². The molecular weight excluding hydrogens is 400 g/mol. The summed E-state index contributed by atoms with van der Waals surface area (Å²) in [7, 11) is 0. The topological polar surface area (TPSA) is 143 Å². The number of nitro benzene ring substituents is 1. The van der Waals surface area contributed by atoms with Crippen LogP contribution in [-0.4, -0.2) is 48.0 Å². The average molecular weight is 426 g/mol. The van der Waals surface area contributed by atoms with E-state index in [1.54, 1.807) is 34.6 Å². The summed E-state index contributed by atoms with van der Waals surface area (Å²) in [6.45, 7) is 8.00. The van der Waals surface area contributed by atoms with E-state index in [1.165, 1.54) is 24.3 Å². The lowest BCUT2D eigenvalue weighted by Gasteiger charge is -2.24. The molecule has 166 valence electrons. The lowest BCUT2D eigenvalue weighted by molar-refractivity contribution is -0.384. The second-order valence-electron chi connectivity index (χ2n) is 7.49. The van der Waals surface area contributed by atoms with E-state index in [-0.39, 0.29) is 30.6 Å². The fourth-order valence-electron chi connectivity index (χ4n) is 2.05. The molecule has 0 saturated carbocycles. The third-order valence-electron chi connectivity index (χ3n) is 3.39. The Labute approximate surface area is 173 Å². The van der Waals surface area contributed by atoms with E-state index in [2.05, 4.69) is 5.32 Å². The first-order chi connectivity index (χ1) is 13.9. The van der Waals surface area contributed by atoms with Crippen molar-refractivity contribution in [3.63, 3.8) is 0 Å². The average Bonchev–Trinajstić information content (AvgIpc) is 2.61. The van der Waals surface area contributed by atoms with Gasteiger partial charge in [-0.2, -0.15) is 0 Å². The van der Waals surface area contributed by atoms with Gasteiger partial charge < -0.3 is 24.3 Å². The Morgan fingerprint density at radius 2 is 1.63 bits per heavy atom. The van der Waals surface area contributed by atoms with Crippen LogP contribution in [0.4, 0.5) is 15.3 Å². The van der Waals surface area contributed by atoms with E-state index >= 15 is 0 Å². The van der Waals surface area contributed by atoms with Crippen LogP contribution in [-0.2, 0) is 19.0 Å². The molecule has 1 amide bonds. The minimum Gasteiger partial charge on any atom is -0.461 e. The van der Waals surface area contributed by atoms with E-state index in [4.69, 9.17) is 18.9 Å². The Morgan fingerprint density at radius 1 is 1.07 bits per heavy atom. The fraction of sp³-hybridized carbons (Fsp3) is 0.526. The molecule has 0 heterocycles. The van der Waals surface area contributed by atoms with Crippen molar-refractivity contribution in [1.82, 2.24) is 5.32 Å². The minimum atomic E-state index is -1.06. The molecule has 1 aromatic carbocycles. The van der Waals surface area contributed by atoms with Gasteiger partial charge in [0.1, 0.15) is 30.6 Å². The minimum absolute atomic E-state index is 0.0593. The molecule has 30 heavy (non-hydrogen) atoms. The number of ether oxygens (including phenoxy) is 4. The predicted molar refractivity (Wildman–Crippen MR) is 104 cm³/mol. The number of hydrogen-bond acceptors (Lipinski definition) is 9. The van der Waals surface area contributed by atoms with Crippen LogP contribution in [0, 0.1) is 16.0 Å². The van der Waals surface area contributed by atoms with Gasteiger partial charge in [-0.3, -0.25) is 10.1 Å². The molecule has 1 atom stereocenters. The Morgan fingerprint density at radius 3 is 2.13 bits per heavy atom. The second kappa shape index (κ2) is 11.0. The molecule has 0 spiro atoms. The van der Waals surface area contributed by atoms with Gasteiger partial charge in [0.15, 0.2) is 0 Å². The molecule has 1 rings (SSSR count). The van der Waals surface area contributed by atoms with E-state index in [0.717, 1.165) is 0 Å². The number of benzene rings is 1. The van der Waals surface area contributed by atoms with Gasteiger partial charge in [0.2, 0.25) is 0 Å². The molecule has 0 saturated heterocycles. The van der Waals surface area contributed by atoms with E-state index < -0.39 is 34.8 Å². The van der Waals surface area contributed by atoms with Gasteiger partial charge in [0.05, 0.1) is 4.92 Å². The number of amides is 1. The summed E-state index contributed by atoms with van der Waals surface area (Å²) in [4.78, 5) is 45.6. The lowest BCUT2D eigenvalue weighted by Crippen LogP contribution is -2.47. The Balaban J connectivity index is 2.41. The molecule has 0 bridgehead atoms. The highest BCUT2D eigenvalue weighted by Crippen LogP contribution is 2.17. The molecule has 0 aromatic heterocycles. The van der Waals surface area contributed by atoms with Crippen LogP contribution < -0.4 is 10.1 Å². The first kappa shape index (κ1) is 24.7. The largest absolute Gasteiger partial charge is 0.513 e. The van der Waals surface area contributed by atoms with Crippen molar-refractivity contribution in [2.45, 2.75) is 46.3 Å². The van der Waals surface area contributed by atoms with E-state index in [0.29, 0.717) is 0 Å². The van der Waals surface area contributed by atoms with Crippen molar-refractivity contribution in [2.75, 3.05) is 13.2 Å². The number of nitro groups is 1. The van der Waals surface area contributed by atoms with Crippen molar-refractivity contribution in [1.29, 1.82) is 0 Å². The maximum atomic E-state index is 12.2. The van der Waals surface area contributed by atoms with Gasteiger partial charge in [-0.1, -0.05) is 13.8 Å². The predicted octanol–water partition coefficient (Wildman–Crippen LogP) is 3.20. The number of alkyl carbamates (subject to hydrolysis) is 1. The number of rotatable bonds is 8. The van der Waals surface area contributed by atoms with Crippen LogP contribution in [0.25, 0.3) is 0 Å². The standard InChI is InChI=1S/C19H26N2O9/c1-12(2)15(20-17(23)30-19(3,4)5)16(22)27-10-11-28-18(24)29-14-8-6-13(7-9-14)21(25)26/h6-9,12,15H,10-11H2,1-5H3,(H,20,23)/t15-/m0/s1. The molecule has 1 N–H and O–H groups in total. The summed E-state index contributed by atoms with van der Waals surface area (Å²) < 4.78 is 19.8. The molecule has 1 aromatic rings. The molecule has 0 fully saturated rings. The fourth-order valence-corrected chi connectivity index (χ4v) is 2.05. The van der Waals surface area contributed by atoms with Crippen LogP contribution in [0.2, 0.25) is 0 Å². The van der Waals surface area contributed by atoms with Gasteiger partial charge >= 0.3 is 18.2 Å². The zero-order valence-corrected chi connectivity index (χ0v) is 17.5. The highest BCUT2D eigenvalue weighted by molar-refractivity contribution is 5.81. The van der Waals surface area contributed by atoms with E-state index in [1.807, 2.05) is 0 Å². The third kappa shape index (κ3) is 9.22. The van der Waals surface area contributed by atoms with Gasteiger partial charge in [-0.25, -0.2) is 14.4 Å². The van der Waals surface area contributed by atoms with Gasteiger partial charge in [-0.05, 0) is 38.8 Å². The maximum absolute atomic E-state index is 12.2. The first-order valence-corrected chi connectivity index (χ1v) is 9.14. The van der Waals surface area contributed by atoms with Crippen LogP contribution >= 0.6 is 0 Å². The maximum Gasteiger partial charge on any atom is 0.513 e. The number of nitrogens with zero attached hydrogens (tertiary/aromatic N) is 1. The quantitative estimate of drug-likeness (QED) is 0.165. The zero-order valence-electron chi connectivity index (χ0n) is 17.5. The highest BCUT2D eigenvalue weighted by Gasteiger charge is 2.28. The second-order valence-corrected chi connectivity index (χ2v) is 7.49. The number of esters is 1. The number of nitrogens with one attached hydrogen (secondary N) is 1. The summed E-state index contributed by atoms with van der Waals surface area (Å²) in [5.74, 6) is -0.912.